The maximum absolute atomic E-state index is 12.0. The minimum absolute atomic E-state index is 0.154. The summed E-state index contributed by atoms with van der Waals surface area (Å²) in [6.07, 6.45) is 10.4. The summed E-state index contributed by atoms with van der Waals surface area (Å²) >= 11 is 1.57. The molecule has 0 saturated heterocycles. The summed E-state index contributed by atoms with van der Waals surface area (Å²) in [5.41, 5.74) is 3.62. The lowest BCUT2D eigenvalue weighted by Gasteiger charge is -2.22. The molecule has 0 radical (unpaired) electrons. The summed E-state index contributed by atoms with van der Waals surface area (Å²) < 4.78 is 12.3. The number of aromatic nitrogens is 2. The number of nitrogens with one attached hydrogen (secondary N) is 2. The smallest absolute Gasteiger partial charge is 0.407 e. The van der Waals surface area contributed by atoms with E-state index in [2.05, 4.69) is 34.8 Å². The number of allylic oxidation sites excluding steroid dienone is 3. The number of nitrogens with zero attached hydrogens (tertiary/aromatic N) is 3. The number of imidazole rings is 1. The van der Waals surface area contributed by atoms with E-state index >= 15 is 0 Å². The van der Waals surface area contributed by atoms with E-state index in [1.807, 2.05) is 18.7 Å². The third-order valence-corrected chi connectivity index (χ3v) is 6.80. The van der Waals surface area contributed by atoms with E-state index in [-0.39, 0.29) is 6.10 Å². The molecule has 3 rings (SSSR count). The van der Waals surface area contributed by atoms with E-state index in [9.17, 15) is 14.9 Å². The second-order valence-electron chi connectivity index (χ2n) is 8.01. The minimum Gasteiger partial charge on any atom is -0.497 e. The van der Waals surface area contributed by atoms with E-state index in [4.69, 9.17) is 9.47 Å². The molecule has 2 aromatic heterocycles. The number of rotatable bonds is 10. The van der Waals surface area contributed by atoms with Crippen molar-refractivity contribution >= 4 is 28.7 Å². The van der Waals surface area contributed by atoms with Gasteiger partial charge in [0.25, 0.3) is 0 Å². The number of thiophene rings is 1. The van der Waals surface area contributed by atoms with Crippen molar-refractivity contribution in [3.63, 3.8) is 0 Å². The molecule has 2 heterocycles. The fraction of sp³-hybridized carbons (Fsp3) is 0.385. The van der Waals surface area contributed by atoms with E-state index in [0.717, 1.165) is 51.4 Å². The van der Waals surface area contributed by atoms with Crippen molar-refractivity contribution in [3.8, 4) is 6.07 Å². The van der Waals surface area contributed by atoms with E-state index in [0.29, 0.717) is 31.6 Å². The predicted molar refractivity (Wildman–Crippen MR) is 141 cm³/mol. The fourth-order valence-electron chi connectivity index (χ4n) is 3.58. The molecule has 2 aromatic rings. The number of amides is 1. The molecule has 192 valence electrons. The Morgan fingerprint density at radius 2 is 2.25 bits per heavy atom. The van der Waals surface area contributed by atoms with Crippen molar-refractivity contribution in [3.05, 3.63) is 70.9 Å². The number of carbonyl (C=O) groups is 2. The third-order valence-electron chi connectivity index (χ3n) is 5.53. The summed E-state index contributed by atoms with van der Waals surface area (Å²) in [4.78, 5) is 27.1. The first kappa shape index (κ1) is 28.4. The molecule has 1 amide bonds. The number of ether oxygens (including phenoxy) is 2. The molecule has 0 aliphatic heterocycles. The largest absolute Gasteiger partial charge is 0.497 e. The van der Waals surface area contributed by atoms with Crippen molar-refractivity contribution in [2.45, 2.75) is 44.8 Å². The van der Waals surface area contributed by atoms with Crippen LogP contribution in [-0.4, -0.2) is 42.2 Å². The normalized spacial score (nSPS) is 14.3. The van der Waals surface area contributed by atoms with Gasteiger partial charge >= 0.3 is 6.09 Å². The Morgan fingerprint density at radius 1 is 1.47 bits per heavy atom. The predicted octanol–water partition coefficient (Wildman–Crippen LogP) is 4.42. The van der Waals surface area contributed by atoms with Crippen LogP contribution in [0.15, 0.2) is 49.2 Å². The molecule has 1 aliphatic rings. The van der Waals surface area contributed by atoms with E-state index in [1.54, 1.807) is 43.1 Å². The molecule has 1 atom stereocenters. The van der Waals surface area contributed by atoms with Gasteiger partial charge in [0.15, 0.2) is 0 Å². The monoisotopic (exact) mass is 511 g/mol. The Labute approximate surface area is 216 Å². The first-order valence-electron chi connectivity index (χ1n) is 11.5. The van der Waals surface area contributed by atoms with Crippen LogP contribution in [0.25, 0.3) is 0 Å². The average molecular weight is 512 g/mol. The Hall–Kier alpha value is -3.84. The van der Waals surface area contributed by atoms with Crippen LogP contribution in [0.5, 0.6) is 0 Å². The highest BCUT2D eigenvalue weighted by Crippen LogP contribution is 2.38. The van der Waals surface area contributed by atoms with Crippen LogP contribution in [0, 0.1) is 11.3 Å². The highest BCUT2D eigenvalue weighted by molar-refractivity contribution is 7.16. The minimum atomic E-state index is -0.421. The maximum atomic E-state index is 12.0. The van der Waals surface area contributed by atoms with Crippen molar-refractivity contribution in [1.29, 1.82) is 5.26 Å². The number of hydrogen-bond acceptors (Lipinski definition) is 8. The number of methoxy groups -OCH3 is 1. The third kappa shape index (κ3) is 8.13. The van der Waals surface area contributed by atoms with Gasteiger partial charge < -0.3 is 29.5 Å². The lowest BCUT2D eigenvalue weighted by molar-refractivity contribution is -0.107. The molecular formula is C26H33N5O4S. The van der Waals surface area contributed by atoms with Gasteiger partial charge in [0, 0.05) is 38.0 Å². The standard InChI is InChI=1S/C16H19N5O2S.C10H14O2/c1-18-15-13(6-17)12-4-3-11(5-14(12)24-15)23-16(22)20-8-10-7-19-9-21(10)2;1-4-10(12-3)8-9(2)6-5-7-11/h7,9,11,18H,3-5,8H2,1-2H3,(H,20,22);4,7-8H,1-2,5-6H2,3H3/b;10-8+. The van der Waals surface area contributed by atoms with Crippen molar-refractivity contribution in [1.82, 2.24) is 14.9 Å². The number of anilines is 1. The van der Waals surface area contributed by atoms with Crippen LogP contribution in [-0.2, 0) is 40.7 Å². The number of nitriles is 1. The van der Waals surface area contributed by atoms with Gasteiger partial charge in [-0.2, -0.15) is 5.26 Å². The van der Waals surface area contributed by atoms with E-state index in [1.165, 1.54) is 0 Å². The molecule has 0 aromatic carbocycles. The number of aryl methyl sites for hydroxylation is 1. The number of alkyl carbamates (subject to hydrolysis) is 1. The second kappa shape index (κ2) is 14.5. The summed E-state index contributed by atoms with van der Waals surface area (Å²) in [6.45, 7) is 7.71. The summed E-state index contributed by atoms with van der Waals surface area (Å²) in [7, 11) is 5.26. The zero-order valence-corrected chi connectivity index (χ0v) is 21.8. The van der Waals surface area contributed by atoms with Gasteiger partial charge in [0.2, 0.25) is 0 Å². The molecule has 9 nitrogen and oxygen atoms in total. The van der Waals surface area contributed by atoms with Gasteiger partial charge in [-0.05, 0) is 37.0 Å². The zero-order valence-electron chi connectivity index (χ0n) is 21.0. The zero-order chi connectivity index (χ0) is 26.5. The molecule has 0 bridgehead atoms. The van der Waals surface area contributed by atoms with Gasteiger partial charge in [-0.3, -0.25) is 0 Å². The topological polar surface area (TPSA) is 118 Å². The molecule has 10 heteroatoms. The molecule has 0 fully saturated rings. The van der Waals surface area contributed by atoms with E-state index < -0.39 is 6.09 Å². The van der Waals surface area contributed by atoms with Crippen LogP contribution in [0.1, 0.15) is 41.0 Å². The highest BCUT2D eigenvalue weighted by atomic mass is 32.1. The lowest BCUT2D eigenvalue weighted by Crippen LogP contribution is -2.32. The molecule has 0 saturated carbocycles. The number of carbonyl (C=O) groups excluding carboxylic acids is 2. The van der Waals surface area contributed by atoms with Crippen molar-refractivity contribution < 1.29 is 19.1 Å². The Morgan fingerprint density at radius 3 is 2.83 bits per heavy atom. The number of aldehydes is 1. The van der Waals surface area contributed by atoms with Crippen LogP contribution in [0.3, 0.4) is 0 Å². The van der Waals surface area contributed by atoms with Crippen molar-refractivity contribution in [2.75, 3.05) is 19.5 Å². The van der Waals surface area contributed by atoms with Crippen LogP contribution >= 0.6 is 11.3 Å². The van der Waals surface area contributed by atoms with Crippen LogP contribution in [0.4, 0.5) is 9.80 Å². The summed E-state index contributed by atoms with van der Waals surface area (Å²) in [6, 6.07) is 2.27. The molecule has 36 heavy (non-hydrogen) atoms. The lowest BCUT2D eigenvalue weighted by atomic mass is 9.94. The highest BCUT2D eigenvalue weighted by Gasteiger charge is 2.27. The van der Waals surface area contributed by atoms with Gasteiger partial charge in [-0.1, -0.05) is 18.7 Å². The first-order chi connectivity index (χ1) is 17.4. The first-order valence-corrected chi connectivity index (χ1v) is 12.3. The molecular weight excluding hydrogens is 478 g/mol. The van der Waals surface area contributed by atoms with Crippen molar-refractivity contribution in [2.24, 2.45) is 7.05 Å². The Balaban J connectivity index is 0.000000324. The van der Waals surface area contributed by atoms with Gasteiger partial charge in [0.05, 0.1) is 31.2 Å². The molecule has 2 N–H and O–H groups in total. The number of fused-ring (bicyclic) bond motifs is 1. The molecule has 0 spiro atoms. The molecule has 1 aliphatic carbocycles. The van der Waals surface area contributed by atoms with Gasteiger partial charge in [0.1, 0.15) is 29.2 Å². The van der Waals surface area contributed by atoms with Gasteiger partial charge in [-0.25, -0.2) is 9.78 Å². The SMILES string of the molecule is C=C/C(=C\C(=C)CCC=O)OC.CNc1sc2c(c1C#N)CCC(OC(=O)NCc1cncn1C)C2. The maximum Gasteiger partial charge on any atom is 0.407 e. The van der Waals surface area contributed by atoms with Crippen LogP contribution < -0.4 is 10.6 Å². The fourth-order valence-corrected chi connectivity index (χ4v) is 4.80. The number of hydrogen-bond donors (Lipinski definition) is 2. The Bertz CT molecular complexity index is 1140. The molecule has 1 unspecified atom stereocenters. The quantitative estimate of drug-likeness (QED) is 0.275. The van der Waals surface area contributed by atoms with Gasteiger partial charge in [-0.15, -0.1) is 11.3 Å². The second-order valence-corrected chi connectivity index (χ2v) is 9.11. The Kier molecular flexibility index (Phi) is 11.5. The average Bonchev–Trinajstić information content (AvgIpc) is 3.46. The van der Waals surface area contributed by atoms with Crippen LogP contribution in [0.2, 0.25) is 0 Å². The summed E-state index contributed by atoms with van der Waals surface area (Å²) in [5.74, 6) is 0.672. The summed E-state index contributed by atoms with van der Waals surface area (Å²) in [5, 5.41) is 16.0.